The molecule has 3 aromatic rings. The van der Waals surface area contributed by atoms with Crippen LogP contribution in [0, 0.1) is 6.92 Å². The third kappa shape index (κ3) is 2.83. The van der Waals surface area contributed by atoms with Crippen molar-refractivity contribution in [1.82, 2.24) is 20.8 Å². The van der Waals surface area contributed by atoms with E-state index in [2.05, 4.69) is 20.8 Å². The highest BCUT2D eigenvalue weighted by molar-refractivity contribution is 7.80. The average Bonchev–Trinajstić information content (AvgIpc) is 3.26. The Kier molecular flexibility index (Phi) is 3.85. The van der Waals surface area contributed by atoms with Crippen LogP contribution >= 0.6 is 12.2 Å². The number of hydrogen-bond acceptors (Lipinski definition) is 5. The summed E-state index contributed by atoms with van der Waals surface area (Å²) in [5, 5.41) is 11.0. The summed E-state index contributed by atoms with van der Waals surface area (Å²) in [6.45, 7) is 3.94. The van der Waals surface area contributed by atoms with Gasteiger partial charge in [0.05, 0.1) is 11.8 Å². The molecule has 0 spiro atoms. The summed E-state index contributed by atoms with van der Waals surface area (Å²) in [5.41, 5.74) is 3.70. The molecule has 1 aliphatic heterocycles. The molecule has 0 radical (unpaired) electrons. The minimum Gasteiger partial charge on any atom is -0.467 e. The highest BCUT2D eigenvalue weighted by Crippen LogP contribution is 2.34. The second kappa shape index (κ2) is 6.18. The SMILES string of the molecule is CC1=C(c2nc(-c3ccccc3C)no2)C(c2ccco2)NC(=S)N1. The number of thiocarbonyl (C=S) groups is 1. The summed E-state index contributed by atoms with van der Waals surface area (Å²) in [6, 6.07) is 11.4. The zero-order chi connectivity index (χ0) is 17.4. The molecule has 126 valence electrons. The van der Waals surface area contributed by atoms with Crippen LogP contribution in [0.2, 0.25) is 0 Å². The lowest BCUT2D eigenvalue weighted by atomic mass is 10.0. The van der Waals surface area contributed by atoms with Gasteiger partial charge < -0.3 is 19.6 Å². The topological polar surface area (TPSA) is 76.1 Å². The third-order valence-corrected chi connectivity index (χ3v) is 4.36. The fraction of sp³-hybridized carbons (Fsp3) is 0.167. The number of furan rings is 1. The molecule has 0 saturated carbocycles. The lowest BCUT2D eigenvalue weighted by molar-refractivity contribution is 0.399. The van der Waals surface area contributed by atoms with Crippen molar-refractivity contribution in [1.29, 1.82) is 0 Å². The number of nitrogens with zero attached hydrogens (tertiary/aromatic N) is 2. The summed E-state index contributed by atoms with van der Waals surface area (Å²) in [5.74, 6) is 1.72. The van der Waals surface area contributed by atoms with E-state index < -0.39 is 0 Å². The molecule has 0 aliphatic carbocycles. The first-order chi connectivity index (χ1) is 12.1. The van der Waals surface area contributed by atoms with Gasteiger partial charge in [-0.05, 0) is 43.8 Å². The van der Waals surface area contributed by atoms with Gasteiger partial charge >= 0.3 is 0 Å². The predicted molar refractivity (Wildman–Crippen MR) is 97.4 cm³/mol. The smallest absolute Gasteiger partial charge is 0.258 e. The number of allylic oxidation sites excluding steroid dienone is 1. The normalized spacial score (nSPS) is 17.4. The van der Waals surface area contributed by atoms with E-state index in [0.29, 0.717) is 16.8 Å². The second-order valence-electron chi connectivity index (χ2n) is 5.82. The molecule has 2 N–H and O–H groups in total. The zero-order valence-electron chi connectivity index (χ0n) is 13.7. The van der Waals surface area contributed by atoms with Gasteiger partial charge in [-0.2, -0.15) is 4.98 Å². The van der Waals surface area contributed by atoms with E-state index >= 15 is 0 Å². The molecule has 7 heteroatoms. The van der Waals surface area contributed by atoms with Gasteiger partial charge in [0, 0.05) is 11.3 Å². The van der Waals surface area contributed by atoms with E-state index in [9.17, 15) is 0 Å². The minimum absolute atomic E-state index is 0.283. The van der Waals surface area contributed by atoms with Gasteiger partial charge in [-0.25, -0.2) is 0 Å². The Morgan fingerprint density at radius 2 is 1.96 bits per heavy atom. The number of aryl methyl sites for hydroxylation is 1. The van der Waals surface area contributed by atoms with Crippen molar-refractivity contribution in [2.45, 2.75) is 19.9 Å². The molecule has 1 aromatic carbocycles. The Bertz CT molecular complexity index is 959. The quantitative estimate of drug-likeness (QED) is 0.698. The fourth-order valence-electron chi connectivity index (χ4n) is 2.91. The van der Waals surface area contributed by atoms with Crippen LogP contribution in [0.25, 0.3) is 17.0 Å². The van der Waals surface area contributed by atoms with Crippen molar-refractivity contribution >= 4 is 22.9 Å². The summed E-state index contributed by atoms with van der Waals surface area (Å²) in [4.78, 5) is 4.60. The summed E-state index contributed by atoms with van der Waals surface area (Å²) in [7, 11) is 0. The van der Waals surface area contributed by atoms with E-state index in [1.54, 1.807) is 6.26 Å². The van der Waals surface area contributed by atoms with Crippen molar-refractivity contribution in [3.05, 3.63) is 65.6 Å². The number of aromatic nitrogens is 2. The average molecular weight is 352 g/mol. The molecule has 3 heterocycles. The standard InChI is InChI=1S/C18H16N4O2S/c1-10-6-3-4-7-12(10)16-21-17(24-22-16)14-11(2)19-18(25)20-15(14)13-8-5-9-23-13/h3-9,15H,1-2H3,(H2,19,20,25). The number of hydrogen-bond donors (Lipinski definition) is 2. The Morgan fingerprint density at radius 3 is 2.72 bits per heavy atom. The Balaban J connectivity index is 1.78. The maximum atomic E-state index is 5.56. The van der Waals surface area contributed by atoms with Crippen molar-refractivity contribution in [2.24, 2.45) is 0 Å². The molecular weight excluding hydrogens is 336 g/mol. The van der Waals surface area contributed by atoms with Crippen LogP contribution in [0.1, 0.15) is 30.2 Å². The summed E-state index contributed by atoms with van der Waals surface area (Å²) < 4.78 is 11.1. The van der Waals surface area contributed by atoms with Crippen molar-refractivity contribution in [3.63, 3.8) is 0 Å². The van der Waals surface area contributed by atoms with Crippen molar-refractivity contribution in [2.75, 3.05) is 0 Å². The predicted octanol–water partition coefficient (Wildman–Crippen LogP) is 3.59. The second-order valence-corrected chi connectivity index (χ2v) is 6.23. The van der Waals surface area contributed by atoms with E-state index in [-0.39, 0.29) is 6.04 Å². The Labute approximate surface area is 149 Å². The first-order valence-corrected chi connectivity index (χ1v) is 8.26. The summed E-state index contributed by atoms with van der Waals surface area (Å²) >= 11 is 5.27. The highest BCUT2D eigenvalue weighted by atomic mass is 32.1. The van der Waals surface area contributed by atoms with Gasteiger partial charge in [-0.1, -0.05) is 29.4 Å². The van der Waals surface area contributed by atoms with E-state index in [1.165, 1.54) is 0 Å². The number of rotatable bonds is 3. The first-order valence-electron chi connectivity index (χ1n) is 7.85. The molecule has 1 aliphatic rings. The number of benzene rings is 1. The van der Waals surface area contributed by atoms with E-state index in [1.807, 2.05) is 50.2 Å². The first kappa shape index (κ1) is 15.6. The molecule has 1 atom stereocenters. The van der Waals surface area contributed by atoms with Crippen LogP contribution in [-0.2, 0) is 0 Å². The van der Waals surface area contributed by atoms with Gasteiger partial charge in [-0.15, -0.1) is 0 Å². The number of nitrogens with one attached hydrogen (secondary N) is 2. The lowest BCUT2D eigenvalue weighted by Gasteiger charge is -2.27. The van der Waals surface area contributed by atoms with Crippen molar-refractivity contribution in [3.8, 4) is 11.4 Å². The van der Waals surface area contributed by atoms with Crippen LogP contribution in [0.4, 0.5) is 0 Å². The Hall–Kier alpha value is -2.93. The van der Waals surface area contributed by atoms with Crippen LogP contribution < -0.4 is 10.6 Å². The van der Waals surface area contributed by atoms with Gasteiger partial charge in [0.15, 0.2) is 5.11 Å². The van der Waals surface area contributed by atoms with Gasteiger partial charge in [-0.3, -0.25) is 0 Å². The largest absolute Gasteiger partial charge is 0.467 e. The maximum Gasteiger partial charge on any atom is 0.258 e. The van der Waals surface area contributed by atoms with Crippen LogP contribution in [-0.4, -0.2) is 15.3 Å². The maximum absolute atomic E-state index is 5.56. The fourth-order valence-corrected chi connectivity index (χ4v) is 3.18. The molecule has 4 rings (SSSR count). The molecule has 0 fully saturated rings. The van der Waals surface area contributed by atoms with Gasteiger partial charge in [0.2, 0.25) is 5.82 Å². The third-order valence-electron chi connectivity index (χ3n) is 4.14. The monoisotopic (exact) mass is 352 g/mol. The summed E-state index contributed by atoms with van der Waals surface area (Å²) in [6.07, 6.45) is 1.63. The van der Waals surface area contributed by atoms with Crippen molar-refractivity contribution < 1.29 is 8.94 Å². The van der Waals surface area contributed by atoms with Gasteiger partial charge in [0.25, 0.3) is 5.89 Å². The molecule has 1 unspecified atom stereocenters. The van der Waals surface area contributed by atoms with Crippen LogP contribution in [0.5, 0.6) is 0 Å². The minimum atomic E-state index is -0.283. The van der Waals surface area contributed by atoms with Crippen LogP contribution in [0.15, 0.2) is 57.3 Å². The van der Waals surface area contributed by atoms with E-state index in [0.717, 1.165) is 28.2 Å². The molecule has 25 heavy (non-hydrogen) atoms. The molecule has 0 saturated heterocycles. The zero-order valence-corrected chi connectivity index (χ0v) is 14.6. The van der Waals surface area contributed by atoms with E-state index in [4.69, 9.17) is 21.2 Å². The lowest BCUT2D eigenvalue weighted by Crippen LogP contribution is -2.42. The highest BCUT2D eigenvalue weighted by Gasteiger charge is 2.31. The van der Waals surface area contributed by atoms with Crippen LogP contribution in [0.3, 0.4) is 0 Å². The Morgan fingerprint density at radius 1 is 1.12 bits per heavy atom. The van der Waals surface area contributed by atoms with Gasteiger partial charge in [0.1, 0.15) is 11.8 Å². The molecule has 0 amide bonds. The molecule has 0 bridgehead atoms. The molecule has 6 nitrogen and oxygen atoms in total. The molecule has 2 aromatic heterocycles. The molecular formula is C18H16N4O2S.